The van der Waals surface area contributed by atoms with Crippen LogP contribution in [0.4, 0.5) is 13.2 Å². The average molecular weight is 321 g/mol. The maximum Gasteiger partial charge on any atom is 0.394 e. The number of hydrogen-bond donors (Lipinski definition) is 1. The van der Waals surface area contributed by atoms with Gasteiger partial charge in [-0.2, -0.15) is 13.2 Å². The van der Waals surface area contributed by atoms with Crippen LogP contribution in [0.1, 0.15) is 19.8 Å². The van der Waals surface area contributed by atoms with E-state index in [0.29, 0.717) is 5.92 Å². The number of nitrogens with two attached hydrogens (primary N) is 1. The predicted molar refractivity (Wildman–Crippen MR) is 73.6 cm³/mol. The van der Waals surface area contributed by atoms with E-state index in [9.17, 15) is 22.8 Å². The molecule has 2 rings (SSSR count). The molecule has 0 radical (unpaired) electrons. The van der Waals surface area contributed by atoms with Crippen molar-refractivity contribution in [2.75, 3.05) is 32.7 Å². The van der Waals surface area contributed by atoms with E-state index in [-0.39, 0.29) is 19.0 Å². The minimum absolute atomic E-state index is 0.114. The van der Waals surface area contributed by atoms with Crippen molar-refractivity contribution >= 4 is 11.8 Å². The van der Waals surface area contributed by atoms with Gasteiger partial charge < -0.3 is 10.6 Å². The first-order valence-corrected chi connectivity index (χ1v) is 7.54. The number of likely N-dealkylation sites (tertiary alicyclic amines) is 2. The highest BCUT2D eigenvalue weighted by Crippen LogP contribution is 2.37. The van der Waals surface area contributed by atoms with Crippen molar-refractivity contribution in [1.82, 2.24) is 9.80 Å². The van der Waals surface area contributed by atoms with Crippen molar-refractivity contribution in [2.24, 2.45) is 23.5 Å². The summed E-state index contributed by atoms with van der Waals surface area (Å²) in [6, 6.07) is 0. The van der Waals surface area contributed by atoms with Crippen molar-refractivity contribution in [3.8, 4) is 0 Å². The number of carbonyl (C=O) groups is 2. The SMILES string of the molecule is CC1CCN(CC(=O)N2C[C@@H](C(F)(F)F)[C@H](C(N)=O)C2)CC1. The molecule has 0 spiro atoms. The standard InChI is InChI=1S/C14H22F3N3O2/c1-9-2-4-19(5-3-9)8-12(21)20-6-10(13(18)22)11(7-20)14(15,16)17/h9-11H,2-8H2,1H3,(H2,18,22)/t10-,11-/m1/s1. The highest BCUT2D eigenvalue weighted by atomic mass is 19.4. The van der Waals surface area contributed by atoms with Gasteiger partial charge in [-0.05, 0) is 31.8 Å². The second-order valence-electron chi connectivity index (χ2n) is 6.41. The Labute approximate surface area is 127 Å². The van der Waals surface area contributed by atoms with Crippen molar-refractivity contribution in [1.29, 1.82) is 0 Å². The summed E-state index contributed by atoms with van der Waals surface area (Å²) in [7, 11) is 0. The van der Waals surface area contributed by atoms with E-state index < -0.39 is 30.5 Å². The summed E-state index contributed by atoms with van der Waals surface area (Å²) in [6.07, 6.45) is -2.54. The molecule has 0 aromatic carbocycles. The van der Waals surface area contributed by atoms with Gasteiger partial charge in [0.05, 0.1) is 18.4 Å². The highest BCUT2D eigenvalue weighted by molar-refractivity contribution is 5.82. The molecule has 0 aromatic rings. The van der Waals surface area contributed by atoms with Crippen LogP contribution < -0.4 is 5.73 Å². The molecule has 2 heterocycles. The third kappa shape index (κ3) is 3.91. The Kier molecular flexibility index (Phi) is 4.99. The fraction of sp³-hybridized carbons (Fsp3) is 0.857. The van der Waals surface area contributed by atoms with Gasteiger partial charge in [-0.1, -0.05) is 6.92 Å². The molecule has 0 aliphatic carbocycles. The normalized spacial score (nSPS) is 28.1. The Morgan fingerprint density at radius 2 is 1.77 bits per heavy atom. The number of carbonyl (C=O) groups excluding carboxylic acids is 2. The van der Waals surface area contributed by atoms with Gasteiger partial charge in [0.2, 0.25) is 11.8 Å². The molecule has 2 atom stereocenters. The Morgan fingerprint density at radius 3 is 2.23 bits per heavy atom. The van der Waals surface area contributed by atoms with Crippen LogP contribution in [-0.2, 0) is 9.59 Å². The molecule has 0 bridgehead atoms. The largest absolute Gasteiger partial charge is 0.394 e. The van der Waals surface area contributed by atoms with Gasteiger partial charge in [-0.25, -0.2) is 0 Å². The van der Waals surface area contributed by atoms with E-state index in [0.717, 1.165) is 30.8 Å². The second kappa shape index (κ2) is 6.44. The molecular weight excluding hydrogens is 299 g/mol. The molecular formula is C14H22F3N3O2. The first-order chi connectivity index (χ1) is 10.2. The Morgan fingerprint density at radius 1 is 1.18 bits per heavy atom. The van der Waals surface area contributed by atoms with Crippen LogP contribution in [0.3, 0.4) is 0 Å². The van der Waals surface area contributed by atoms with Crippen molar-refractivity contribution < 1.29 is 22.8 Å². The average Bonchev–Trinajstić information content (AvgIpc) is 2.86. The fourth-order valence-electron chi connectivity index (χ4n) is 3.14. The molecule has 0 saturated carbocycles. The number of hydrogen-bond acceptors (Lipinski definition) is 3. The second-order valence-corrected chi connectivity index (χ2v) is 6.41. The molecule has 0 aromatic heterocycles. The molecule has 2 saturated heterocycles. The number of primary amides is 1. The lowest BCUT2D eigenvalue weighted by Crippen LogP contribution is -2.43. The first-order valence-electron chi connectivity index (χ1n) is 7.54. The van der Waals surface area contributed by atoms with E-state index in [4.69, 9.17) is 5.73 Å². The highest BCUT2D eigenvalue weighted by Gasteiger charge is 2.52. The van der Waals surface area contributed by atoms with Gasteiger partial charge in [0.25, 0.3) is 0 Å². The molecule has 5 nitrogen and oxygen atoms in total. The Bertz CT molecular complexity index is 434. The number of rotatable bonds is 3. The summed E-state index contributed by atoms with van der Waals surface area (Å²) in [5, 5.41) is 0. The third-order valence-corrected chi connectivity index (χ3v) is 4.69. The lowest BCUT2D eigenvalue weighted by atomic mass is 9.95. The molecule has 126 valence electrons. The first kappa shape index (κ1) is 17.1. The van der Waals surface area contributed by atoms with Crippen molar-refractivity contribution in [3.05, 3.63) is 0 Å². The predicted octanol–water partition coefficient (Wildman–Crippen LogP) is 0.841. The number of halogens is 3. The molecule has 2 N–H and O–H groups in total. The van der Waals surface area contributed by atoms with Gasteiger partial charge in [-0.3, -0.25) is 14.5 Å². The smallest absolute Gasteiger partial charge is 0.369 e. The molecule has 2 aliphatic heterocycles. The summed E-state index contributed by atoms with van der Waals surface area (Å²) in [5.74, 6) is -3.93. The van der Waals surface area contributed by atoms with Gasteiger partial charge in [0, 0.05) is 13.1 Å². The van der Waals surface area contributed by atoms with E-state index in [1.54, 1.807) is 0 Å². The monoisotopic (exact) mass is 321 g/mol. The number of nitrogens with zero attached hydrogens (tertiary/aromatic N) is 2. The maximum atomic E-state index is 13.0. The molecule has 2 fully saturated rings. The van der Waals surface area contributed by atoms with Crippen LogP contribution in [0, 0.1) is 17.8 Å². The number of amides is 2. The summed E-state index contributed by atoms with van der Waals surface area (Å²) in [4.78, 5) is 26.5. The van der Waals surface area contributed by atoms with Crippen LogP contribution in [0.5, 0.6) is 0 Å². The maximum absolute atomic E-state index is 13.0. The zero-order valence-corrected chi connectivity index (χ0v) is 12.6. The van der Waals surface area contributed by atoms with Gasteiger partial charge in [-0.15, -0.1) is 0 Å². The zero-order chi connectivity index (χ0) is 16.5. The number of alkyl halides is 3. The van der Waals surface area contributed by atoms with Gasteiger partial charge >= 0.3 is 6.18 Å². The molecule has 0 unspecified atom stereocenters. The molecule has 22 heavy (non-hydrogen) atoms. The van der Waals surface area contributed by atoms with E-state index in [2.05, 4.69) is 6.92 Å². The summed E-state index contributed by atoms with van der Waals surface area (Å²) in [6.45, 7) is 3.11. The molecule has 8 heteroatoms. The van der Waals surface area contributed by atoms with Gasteiger partial charge in [0.15, 0.2) is 0 Å². The van der Waals surface area contributed by atoms with Crippen molar-refractivity contribution in [3.63, 3.8) is 0 Å². The summed E-state index contributed by atoms with van der Waals surface area (Å²) in [5.41, 5.74) is 5.06. The Balaban J connectivity index is 1.95. The van der Waals surface area contributed by atoms with Crippen LogP contribution in [0.2, 0.25) is 0 Å². The Hall–Kier alpha value is -1.31. The molecule has 2 aliphatic rings. The van der Waals surface area contributed by atoms with Crippen LogP contribution >= 0.6 is 0 Å². The van der Waals surface area contributed by atoms with E-state index in [1.165, 1.54) is 0 Å². The van der Waals surface area contributed by atoms with Crippen LogP contribution in [0.25, 0.3) is 0 Å². The van der Waals surface area contributed by atoms with Gasteiger partial charge in [0.1, 0.15) is 0 Å². The summed E-state index contributed by atoms with van der Waals surface area (Å²) < 4.78 is 38.9. The third-order valence-electron chi connectivity index (χ3n) is 4.69. The van der Waals surface area contributed by atoms with Crippen LogP contribution in [-0.4, -0.2) is 60.5 Å². The zero-order valence-electron chi connectivity index (χ0n) is 12.6. The quantitative estimate of drug-likeness (QED) is 0.838. The minimum Gasteiger partial charge on any atom is -0.369 e. The lowest BCUT2D eigenvalue weighted by Gasteiger charge is -2.31. The molecule has 2 amide bonds. The van der Waals surface area contributed by atoms with Crippen LogP contribution in [0.15, 0.2) is 0 Å². The topological polar surface area (TPSA) is 66.6 Å². The number of piperidine rings is 1. The summed E-state index contributed by atoms with van der Waals surface area (Å²) >= 11 is 0. The lowest BCUT2D eigenvalue weighted by molar-refractivity contribution is -0.182. The van der Waals surface area contributed by atoms with Crippen molar-refractivity contribution in [2.45, 2.75) is 25.9 Å². The fourth-order valence-corrected chi connectivity index (χ4v) is 3.14. The van der Waals surface area contributed by atoms with E-state index >= 15 is 0 Å². The minimum atomic E-state index is -4.52. The van der Waals surface area contributed by atoms with E-state index in [1.807, 2.05) is 4.90 Å².